The predicted molar refractivity (Wildman–Crippen MR) is 83.3 cm³/mol. The van der Waals surface area contributed by atoms with Crippen LogP contribution in [0, 0.1) is 5.41 Å². The Kier molecular flexibility index (Phi) is 5.67. The van der Waals surface area contributed by atoms with Crippen molar-refractivity contribution < 1.29 is 14.7 Å². The first-order chi connectivity index (χ1) is 10.1. The SMILES string of the molecule is O=C(CSc1ccccc1)NCC1(C(=O)O)CCCCC1. The molecule has 2 rings (SSSR count). The molecule has 1 fully saturated rings. The topological polar surface area (TPSA) is 66.4 Å². The van der Waals surface area contributed by atoms with E-state index in [0.717, 1.165) is 24.2 Å². The van der Waals surface area contributed by atoms with Crippen molar-refractivity contribution in [1.82, 2.24) is 5.32 Å². The number of aliphatic carboxylic acids is 1. The summed E-state index contributed by atoms with van der Waals surface area (Å²) in [5, 5.41) is 12.3. The number of carboxylic acid groups (broad SMARTS) is 1. The Morgan fingerprint density at radius 3 is 2.43 bits per heavy atom. The van der Waals surface area contributed by atoms with E-state index in [1.807, 2.05) is 30.3 Å². The predicted octanol–water partition coefficient (Wildman–Crippen LogP) is 2.93. The molecule has 0 saturated heterocycles. The van der Waals surface area contributed by atoms with Crippen LogP contribution in [-0.2, 0) is 9.59 Å². The third-order valence-electron chi connectivity index (χ3n) is 4.00. The molecule has 0 unspecified atom stereocenters. The third-order valence-corrected chi connectivity index (χ3v) is 5.01. The number of hydrogen-bond donors (Lipinski definition) is 2. The summed E-state index contributed by atoms with van der Waals surface area (Å²) in [5.74, 6) is -0.562. The van der Waals surface area contributed by atoms with Gasteiger partial charge in [-0.3, -0.25) is 9.59 Å². The Hall–Kier alpha value is -1.49. The van der Waals surface area contributed by atoms with Gasteiger partial charge in [-0.25, -0.2) is 0 Å². The minimum Gasteiger partial charge on any atom is -0.481 e. The molecule has 0 atom stereocenters. The van der Waals surface area contributed by atoms with Gasteiger partial charge in [-0.1, -0.05) is 37.5 Å². The van der Waals surface area contributed by atoms with Crippen molar-refractivity contribution in [3.8, 4) is 0 Å². The molecule has 1 aromatic rings. The minimum atomic E-state index is -0.779. The van der Waals surface area contributed by atoms with Gasteiger partial charge in [-0.2, -0.15) is 0 Å². The van der Waals surface area contributed by atoms with E-state index in [0.29, 0.717) is 18.6 Å². The highest BCUT2D eigenvalue weighted by Crippen LogP contribution is 2.36. The Bertz CT molecular complexity index is 484. The zero-order valence-corrected chi connectivity index (χ0v) is 12.8. The Morgan fingerprint density at radius 2 is 1.81 bits per heavy atom. The van der Waals surface area contributed by atoms with E-state index in [-0.39, 0.29) is 12.5 Å². The first kappa shape index (κ1) is 15.9. The van der Waals surface area contributed by atoms with Gasteiger partial charge in [0.25, 0.3) is 0 Å². The number of thioether (sulfide) groups is 1. The summed E-state index contributed by atoms with van der Waals surface area (Å²) in [6.07, 6.45) is 4.28. The van der Waals surface area contributed by atoms with E-state index in [2.05, 4.69) is 5.32 Å². The van der Waals surface area contributed by atoms with Crippen LogP contribution in [0.25, 0.3) is 0 Å². The van der Waals surface area contributed by atoms with Gasteiger partial charge < -0.3 is 10.4 Å². The first-order valence-electron chi connectivity index (χ1n) is 7.30. The van der Waals surface area contributed by atoms with Gasteiger partial charge in [0.05, 0.1) is 11.2 Å². The molecule has 1 aliphatic carbocycles. The van der Waals surface area contributed by atoms with Crippen LogP contribution in [-0.4, -0.2) is 29.3 Å². The van der Waals surface area contributed by atoms with Gasteiger partial charge in [-0.15, -0.1) is 11.8 Å². The van der Waals surface area contributed by atoms with Gasteiger partial charge in [-0.05, 0) is 25.0 Å². The van der Waals surface area contributed by atoms with E-state index >= 15 is 0 Å². The number of hydrogen-bond acceptors (Lipinski definition) is 3. The molecular formula is C16H21NO3S. The monoisotopic (exact) mass is 307 g/mol. The summed E-state index contributed by atoms with van der Waals surface area (Å²) in [4.78, 5) is 24.5. The molecule has 0 radical (unpaired) electrons. The van der Waals surface area contributed by atoms with Crippen molar-refractivity contribution in [2.75, 3.05) is 12.3 Å². The summed E-state index contributed by atoms with van der Waals surface area (Å²) in [6.45, 7) is 0.247. The van der Waals surface area contributed by atoms with Gasteiger partial charge in [0, 0.05) is 11.4 Å². The Morgan fingerprint density at radius 1 is 1.14 bits per heavy atom. The molecule has 2 N–H and O–H groups in total. The highest BCUT2D eigenvalue weighted by atomic mass is 32.2. The van der Waals surface area contributed by atoms with E-state index in [1.165, 1.54) is 11.8 Å². The summed E-state index contributed by atoms with van der Waals surface area (Å²) in [7, 11) is 0. The smallest absolute Gasteiger partial charge is 0.311 e. The quantitative estimate of drug-likeness (QED) is 0.793. The molecule has 0 bridgehead atoms. The van der Waals surface area contributed by atoms with E-state index in [9.17, 15) is 14.7 Å². The normalized spacial score (nSPS) is 17.1. The van der Waals surface area contributed by atoms with Gasteiger partial charge >= 0.3 is 5.97 Å². The minimum absolute atomic E-state index is 0.102. The molecule has 21 heavy (non-hydrogen) atoms. The average molecular weight is 307 g/mol. The van der Waals surface area contributed by atoms with Crippen molar-refractivity contribution in [2.24, 2.45) is 5.41 Å². The molecule has 1 saturated carbocycles. The van der Waals surface area contributed by atoms with E-state index < -0.39 is 11.4 Å². The number of nitrogens with one attached hydrogen (secondary N) is 1. The van der Waals surface area contributed by atoms with Crippen LogP contribution in [0.5, 0.6) is 0 Å². The maximum atomic E-state index is 11.9. The molecule has 4 nitrogen and oxygen atoms in total. The molecule has 1 amide bonds. The molecule has 5 heteroatoms. The van der Waals surface area contributed by atoms with Crippen molar-refractivity contribution in [2.45, 2.75) is 37.0 Å². The molecule has 1 aliphatic rings. The zero-order valence-electron chi connectivity index (χ0n) is 12.0. The maximum Gasteiger partial charge on any atom is 0.311 e. The van der Waals surface area contributed by atoms with Crippen LogP contribution in [0.3, 0.4) is 0 Å². The molecule has 0 spiro atoms. The van der Waals surface area contributed by atoms with Crippen LogP contribution in [0.1, 0.15) is 32.1 Å². The van der Waals surface area contributed by atoms with Crippen molar-refractivity contribution in [3.05, 3.63) is 30.3 Å². The number of amides is 1. The second kappa shape index (κ2) is 7.50. The molecule has 114 valence electrons. The first-order valence-corrected chi connectivity index (χ1v) is 8.29. The van der Waals surface area contributed by atoms with Crippen LogP contribution in [0.15, 0.2) is 35.2 Å². The van der Waals surface area contributed by atoms with Crippen molar-refractivity contribution in [1.29, 1.82) is 0 Å². The average Bonchev–Trinajstić information content (AvgIpc) is 2.52. The van der Waals surface area contributed by atoms with Gasteiger partial charge in [0.1, 0.15) is 0 Å². The second-order valence-electron chi connectivity index (χ2n) is 5.52. The largest absolute Gasteiger partial charge is 0.481 e. The van der Waals surface area contributed by atoms with Crippen LogP contribution in [0.4, 0.5) is 0 Å². The lowest BCUT2D eigenvalue weighted by molar-refractivity contribution is -0.150. The molecule has 0 heterocycles. The van der Waals surface area contributed by atoms with Crippen molar-refractivity contribution in [3.63, 3.8) is 0 Å². The van der Waals surface area contributed by atoms with Crippen LogP contribution < -0.4 is 5.32 Å². The highest BCUT2D eigenvalue weighted by Gasteiger charge is 2.39. The number of carbonyl (C=O) groups is 2. The summed E-state index contributed by atoms with van der Waals surface area (Å²) >= 11 is 1.46. The summed E-state index contributed by atoms with van der Waals surface area (Å²) < 4.78 is 0. The van der Waals surface area contributed by atoms with E-state index in [4.69, 9.17) is 0 Å². The fraction of sp³-hybridized carbons (Fsp3) is 0.500. The van der Waals surface area contributed by atoms with E-state index in [1.54, 1.807) is 0 Å². The molecular weight excluding hydrogens is 286 g/mol. The maximum absolute atomic E-state index is 11.9. The lowest BCUT2D eigenvalue weighted by Gasteiger charge is -2.33. The standard InChI is InChI=1S/C16H21NO3S/c18-14(11-21-13-7-3-1-4-8-13)17-12-16(15(19)20)9-5-2-6-10-16/h1,3-4,7-8H,2,5-6,9-12H2,(H,17,18)(H,19,20). The fourth-order valence-electron chi connectivity index (χ4n) is 2.68. The van der Waals surface area contributed by atoms with Gasteiger partial charge in [0.15, 0.2) is 0 Å². The third kappa shape index (κ3) is 4.49. The Labute approximate surface area is 129 Å². The molecule has 0 aromatic heterocycles. The second-order valence-corrected chi connectivity index (χ2v) is 6.57. The summed E-state index contributed by atoms with van der Waals surface area (Å²) in [6, 6.07) is 9.71. The van der Waals surface area contributed by atoms with Crippen molar-refractivity contribution >= 4 is 23.6 Å². The molecule has 0 aliphatic heterocycles. The highest BCUT2D eigenvalue weighted by molar-refractivity contribution is 8.00. The Balaban J connectivity index is 1.80. The number of rotatable bonds is 6. The zero-order chi connectivity index (χ0) is 15.1. The fourth-order valence-corrected chi connectivity index (χ4v) is 3.43. The summed E-state index contributed by atoms with van der Waals surface area (Å²) in [5.41, 5.74) is -0.759. The van der Waals surface area contributed by atoms with Gasteiger partial charge in [0.2, 0.25) is 5.91 Å². The lowest BCUT2D eigenvalue weighted by Crippen LogP contribution is -2.44. The lowest BCUT2D eigenvalue weighted by atomic mass is 9.74. The number of carboxylic acids is 1. The molecule has 1 aromatic carbocycles. The van der Waals surface area contributed by atoms with Crippen LogP contribution in [0.2, 0.25) is 0 Å². The number of carbonyl (C=O) groups excluding carboxylic acids is 1. The number of benzene rings is 1. The van der Waals surface area contributed by atoms with Crippen LogP contribution >= 0.6 is 11.8 Å².